The molecule has 33 heavy (non-hydrogen) atoms. The maximum atomic E-state index is 13.3. The SMILES string of the molecule is Cn1ccc2cc(C(NS(=O)(=O)c3ccc(C(=O)O)cc3Cl)c3ncc(Cl)cc3Cl)ccc21. The second-order valence-corrected chi connectivity index (χ2v) is 10.2. The third-order valence-electron chi connectivity index (χ3n) is 5.09. The zero-order chi connectivity index (χ0) is 23.9. The van der Waals surface area contributed by atoms with Crippen molar-refractivity contribution < 1.29 is 18.3 Å². The van der Waals surface area contributed by atoms with Crippen molar-refractivity contribution in [1.82, 2.24) is 14.3 Å². The van der Waals surface area contributed by atoms with Crippen molar-refractivity contribution in [2.45, 2.75) is 10.9 Å². The highest BCUT2D eigenvalue weighted by molar-refractivity contribution is 7.89. The maximum absolute atomic E-state index is 13.3. The minimum atomic E-state index is -4.22. The van der Waals surface area contributed by atoms with Gasteiger partial charge in [0.15, 0.2) is 0 Å². The molecule has 2 aromatic carbocycles. The highest BCUT2D eigenvalue weighted by Gasteiger charge is 2.28. The Bertz CT molecular complexity index is 1500. The van der Waals surface area contributed by atoms with E-state index in [9.17, 15) is 13.2 Å². The first-order valence-electron chi connectivity index (χ1n) is 9.48. The molecule has 4 aromatic rings. The third kappa shape index (κ3) is 4.71. The van der Waals surface area contributed by atoms with Gasteiger partial charge in [0.05, 0.1) is 32.4 Å². The zero-order valence-corrected chi connectivity index (χ0v) is 20.0. The lowest BCUT2D eigenvalue weighted by molar-refractivity contribution is 0.0696. The molecule has 170 valence electrons. The van der Waals surface area contributed by atoms with Crippen molar-refractivity contribution in [2.75, 3.05) is 0 Å². The van der Waals surface area contributed by atoms with E-state index >= 15 is 0 Å². The second kappa shape index (κ2) is 8.96. The van der Waals surface area contributed by atoms with Crippen LogP contribution in [0.15, 0.2) is 65.8 Å². The van der Waals surface area contributed by atoms with Gasteiger partial charge in [-0.15, -0.1) is 0 Å². The Morgan fingerprint density at radius 2 is 1.82 bits per heavy atom. The summed E-state index contributed by atoms with van der Waals surface area (Å²) in [5.74, 6) is -1.22. The van der Waals surface area contributed by atoms with Crippen molar-refractivity contribution >= 4 is 61.7 Å². The molecule has 1 unspecified atom stereocenters. The predicted molar refractivity (Wildman–Crippen MR) is 128 cm³/mol. The summed E-state index contributed by atoms with van der Waals surface area (Å²) >= 11 is 18.5. The van der Waals surface area contributed by atoms with Crippen LogP contribution in [-0.4, -0.2) is 29.0 Å². The van der Waals surface area contributed by atoms with Crippen molar-refractivity contribution in [3.05, 3.63) is 92.8 Å². The first kappa shape index (κ1) is 23.5. The molecular formula is C22H16Cl3N3O4S. The van der Waals surface area contributed by atoms with E-state index in [-0.39, 0.29) is 26.2 Å². The van der Waals surface area contributed by atoms with Crippen molar-refractivity contribution in [3.8, 4) is 0 Å². The number of nitrogens with one attached hydrogen (secondary N) is 1. The van der Waals surface area contributed by atoms with E-state index in [2.05, 4.69) is 9.71 Å². The molecule has 4 rings (SSSR count). The average Bonchev–Trinajstić information content (AvgIpc) is 3.12. The van der Waals surface area contributed by atoms with Gasteiger partial charge in [-0.1, -0.05) is 40.9 Å². The fourth-order valence-electron chi connectivity index (χ4n) is 3.47. The van der Waals surface area contributed by atoms with Crippen LogP contribution in [-0.2, 0) is 17.1 Å². The number of aromatic carboxylic acids is 1. The summed E-state index contributed by atoms with van der Waals surface area (Å²) < 4.78 is 31.1. The normalized spacial score (nSPS) is 12.7. The molecule has 0 aliphatic heterocycles. The van der Waals surface area contributed by atoms with E-state index in [1.54, 1.807) is 6.07 Å². The number of sulfonamides is 1. The van der Waals surface area contributed by atoms with E-state index in [1.165, 1.54) is 18.3 Å². The topological polar surface area (TPSA) is 101 Å². The van der Waals surface area contributed by atoms with Crippen LogP contribution in [0.5, 0.6) is 0 Å². The summed E-state index contributed by atoms with van der Waals surface area (Å²) in [5, 5.41) is 10.3. The van der Waals surface area contributed by atoms with Gasteiger partial charge >= 0.3 is 5.97 Å². The number of hydrogen-bond acceptors (Lipinski definition) is 4. The third-order valence-corrected chi connectivity index (χ3v) is 7.51. The molecular weight excluding hydrogens is 509 g/mol. The molecule has 2 aromatic heterocycles. The number of carboxylic acid groups (broad SMARTS) is 1. The highest BCUT2D eigenvalue weighted by Crippen LogP contribution is 2.33. The Morgan fingerprint density at radius 3 is 2.48 bits per heavy atom. The Morgan fingerprint density at radius 1 is 1.06 bits per heavy atom. The fraction of sp³-hybridized carbons (Fsp3) is 0.0909. The fourth-order valence-corrected chi connectivity index (χ4v) is 5.69. The molecule has 0 radical (unpaired) electrons. The van der Waals surface area contributed by atoms with Crippen molar-refractivity contribution in [1.29, 1.82) is 0 Å². The van der Waals surface area contributed by atoms with E-state index < -0.39 is 22.0 Å². The van der Waals surface area contributed by atoms with E-state index in [4.69, 9.17) is 39.9 Å². The van der Waals surface area contributed by atoms with E-state index in [1.807, 2.05) is 36.0 Å². The minimum Gasteiger partial charge on any atom is -0.478 e. The number of carbonyl (C=O) groups is 1. The van der Waals surface area contributed by atoms with Crippen molar-refractivity contribution in [3.63, 3.8) is 0 Å². The summed E-state index contributed by atoms with van der Waals surface area (Å²) in [6.45, 7) is 0. The summed E-state index contributed by atoms with van der Waals surface area (Å²) in [6.07, 6.45) is 3.27. The number of hydrogen-bond donors (Lipinski definition) is 2. The molecule has 0 amide bonds. The molecule has 0 saturated heterocycles. The number of fused-ring (bicyclic) bond motifs is 1. The summed E-state index contributed by atoms with van der Waals surface area (Å²) in [5.41, 5.74) is 1.67. The lowest BCUT2D eigenvalue weighted by Gasteiger charge is -2.21. The first-order valence-corrected chi connectivity index (χ1v) is 12.1. The molecule has 0 fully saturated rings. The Balaban J connectivity index is 1.83. The van der Waals surface area contributed by atoms with Crippen LogP contribution in [0.4, 0.5) is 0 Å². The van der Waals surface area contributed by atoms with Gasteiger partial charge in [0.25, 0.3) is 0 Å². The van der Waals surface area contributed by atoms with Gasteiger partial charge in [0, 0.05) is 25.0 Å². The molecule has 11 heteroatoms. The lowest BCUT2D eigenvalue weighted by atomic mass is 10.0. The average molecular weight is 525 g/mol. The number of benzene rings is 2. The Labute approximate surface area is 204 Å². The van der Waals surface area contributed by atoms with Crippen LogP contribution in [0.25, 0.3) is 10.9 Å². The quantitative estimate of drug-likeness (QED) is 0.356. The van der Waals surface area contributed by atoms with Crippen LogP contribution >= 0.6 is 34.8 Å². The van der Waals surface area contributed by atoms with E-state index in [0.29, 0.717) is 10.6 Å². The monoisotopic (exact) mass is 523 g/mol. The minimum absolute atomic E-state index is 0.132. The van der Waals surface area contributed by atoms with Gasteiger partial charge in [-0.05, 0) is 53.4 Å². The standard InChI is InChI=1S/C22H16Cl3N3O4S/c1-28-7-6-12-8-13(2-4-18(12)28)20(21-17(25)10-15(23)11-26-21)27-33(31,32)19-5-3-14(22(29)30)9-16(19)24/h2-11,20,27H,1H3,(H,29,30). The van der Waals surface area contributed by atoms with Gasteiger partial charge in [0.2, 0.25) is 10.0 Å². The molecule has 2 heterocycles. The lowest BCUT2D eigenvalue weighted by Crippen LogP contribution is -2.30. The predicted octanol–water partition coefficient (Wildman–Crippen LogP) is 5.30. The Kier molecular flexibility index (Phi) is 6.39. The van der Waals surface area contributed by atoms with Crippen LogP contribution in [0.2, 0.25) is 15.1 Å². The molecule has 7 nitrogen and oxygen atoms in total. The molecule has 1 atom stereocenters. The molecule has 0 spiro atoms. The van der Waals surface area contributed by atoms with Crippen LogP contribution in [0.1, 0.15) is 27.7 Å². The molecule has 2 N–H and O–H groups in total. The summed E-state index contributed by atoms with van der Waals surface area (Å²) in [7, 11) is -2.31. The van der Waals surface area contributed by atoms with Gasteiger partial charge in [0.1, 0.15) is 4.90 Å². The molecule has 0 aliphatic carbocycles. The largest absolute Gasteiger partial charge is 0.478 e. The van der Waals surface area contributed by atoms with Crippen LogP contribution in [0.3, 0.4) is 0 Å². The molecule has 0 bridgehead atoms. The van der Waals surface area contributed by atoms with Crippen LogP contribution < -0.4 is 4.72 Å². The number of pyridine rings is 1. The second-order valence-electron chi connectivity index (χ2n) is 7.27. The molecule has 0 aliphatic rings. The summed E-state index contributed by atoms with van der Waals surface area (Å²) in [6, 6.07) is 11.3. The highest BCUT2D eigenvalue weighted by atomic mass is 35.5. The van der Waals surface area contributed by atoms with Gasteiger partial charge in [-0.3, -0.25) is 4.98 Å². The summed E-state index contributed by atoms with van der Waals surface area (Å²) in [4.78, 5) is 15.2. The number of aromatic nitrogens is 2. The number of aryl methyl sites for hydroxylation is 1. The van der Waals surface area contributed by atoms with E-state index in [0.717, 1.165) is 23.0 Å². The number of rotatable bonds is 6. The number of nitrogens with zero attached hydrogens (tertiary/aromatic N) is 2. The van der Waals surface area contributed by atoms with Gasteiger partial charge in [-0.25, -0.2) is 13.2 Å². The maximum Gasteiger partial charge on any atom is 0.335 e. The number of carboxylic acids is 1. The number of halogens is 3. The zero-order valence-electron chi connectivity index (χ0n) is 17.0. The van der Waals surface area contributed by atoms with Crippen molar-refractivity contribution in [2.24, 2.45) is 7.05 Å². The first-order chi connectivity index (χ1) is 15.6. The van der Waals surface area contributed by atoms with Gasteiger partial charge in [-0.2, -0.15) is 4.72 Å². The molecule has 0 saturated carbocycles. The van der Waals surface area contributed by atoms with Crippen LogP contribution in [0, 0.1) is 0 Å². The Hall–Kier alpha value is -2.62. The van der Waals surface area contributed by atoms with Gasteiger partial charge < -0.3 is 9.67 Å². The smallest absolute Gasteiger partial charge is 0.335 e.